The van der Waals surface area contributed by atoms with Gasteiger partial charge in [-0.3, -0.25) is 4.79 Å². The lowest BCUT2D eigenvalue weighted by Crippen LogP contribution is -2.46. The summed E-state index contributed by atoms with van der Waals surface area (Å²) in [5.41, 5.74) is 2.64. The molecule has 1 aliphatic heterocycles. The number of aryl methyl sites for hydroxylation is 2. The van der Waals surface area contributed by atoms with Crippen LogP contribution in [-0.2, 0) is 11.2 Å². The van der Waals surface area contributed by atoms with E-state index in [1.807, 2.05) is 41.3 Å². The number of carbonyl (C=O) groups excluding carboxylic acids is 1. The molecule has 1 saturated heterocycles. The number of hydrogen-bond acceptors (Lipinski definition) is 2. The van der Waals surface area contributed by atoms with Crippen molar-refractivity contribution in [3.63, 3.8) is 0 Å². The van der Waals surface area contributed by atoms with E-state index in [1.54, 1.807) is 0 Å². The second-order valence-electron chi connectivity index (χ2n) is 6.12. The quantitative estimate of drug-likeness (QED) is 0.934. The first-order valence-corrected chi connectivity index (χ1v) is 8.80. The molecule has 24 heavy (non-hydrogen) atoms. The van der Waals surface area contributed by atoms with Gasteiger partial charge >= 0.3 is 0 Å². The number of piperazine rings is 1. The van der Waals surface area contributed by atoms with Crippen LogP contribution in [-0.4, -0.2) is 37.0 Å². The number of carbonyl (C=O) groups is 1. The summed E-state index contributed by atoms with van der Waals surface area (Å²) in [5, 5.41) is 3.26. The molecule has 128 valence electrons. The van der Waals surface area contributed by atoms with Crippen LogP contribution in [0.5, 0.6) is 0 Å². The molecule has 1 fully saturated rings. The van der Waals surface area contributed by atoms with Crippen molar-refractivity contribution in [2.24, 2.45) is 0 Å². The molecule has 0 unspecified atom stereocenters. The highest BCUT2D eigenvalue weighted by Gasteiger charge is 2.15. The summed E-state index contributed by atoms with van der Waals surface area (Å²) in [6.45, 7) is 5.68. The number of hydrogen-bond donors (Lipinski definition) is 1. The van der Waals surface area contributed by atoms with Gasteiger partial charge in [-0.05, 0) is 25.3 Å². The van der Waals surface area contributed by atoms with Gasteiger partial charge in [0.25, 0.3) is 0 Å². The number of rotatable bonds is 4. The SMILES string of the molecule is Cc1ccccc1.O=C(CCCc1ccccc1)N1CCNCC1. The zero-order valence-electron chi connectivity index (χ0n) is 14.6. The molecule has 0 bridgehead atoms. The zero-order chi connectivity index (χ0) is 17.0. The molecule has 1 N–H and O–H groups in total. The molecule has 3 nitrogen and oxygen atoms in total. The third kappa shape index (κ3) is 6.97. The van der Waals surface area contributed by atoms with E-state index in [9.17, 15) is 4.79 Å². The molecule has 0 spiro atoms. The van der Waals surface area contributed by atoms with Gasteiger partial charge in [-0.15, -0.1) is 0 Å². The van der Waals surface area contributed by atoms with Crippen LogP contribution in [0.3, 0.4) is 0 Å². The Hall–Kier alpha value is -2.13. The van der Waals surface area contributed by atoms with Gasteiger partial charge < -0.3 is 10.2 Å². The van der Waals surface area contributed by atoms with Gasteiger partial charge in [-0.2, -0.15) is 0 Å². The molecule has 0 aliphatic carbocycles. The number of nitrogens with zero attached hydrogens (tertiary/aromatic N) is 1. The molecule has 1 heterocycles. The summed E-state index contributed by atoms with van der Waals surface area (Å²) in [4.78, 5) is 13.9. The Labute approximate surface area is 145 Å². The summed E-state index contributed by atoms with van der Waals surface area (Å²) in [5.74, 6) is 0.308. The van der Waals surface area contributed by atoms with Gasteiger partial charge in [-0.1, -0.05) is 66.2 Å². The van der Waals surface area contributed by atoms with E-state index in [0.29, 0.717) is 12.3 Å². The predicted octanol–water partition coefficient (Wildman–Crippen LogP) is 3.44. The fraction of sp³-hybridized carbons (Fsp3) is 0.381. The Balaban J connectivity index is 0.000000249. The maximum atomic E-state index is 11.9. The second-order valence-corrected chi connectivity index (χ2v) is 6.12. The van der Waals surface area contributed by atoms with Gasteiger partial charge in [0.1, 0.15) is 0 Å². The summed E-state index contributed by atoms with van der Waals surface area (Å²) in [7, 11) is 0. The Kier molecular flexibility index (Phi) is 8.05. The Morgan fingerprint density at radius 1 is 0.958 bits per heavy atom. The highest BCUT2D eigenvalue weighted by atomic mass is 16.2. The average molecular weight is 324 g/mol. The monoisotopic (exact) mass is 324 g/mol. The smallest absolute Gasteiger partial charge is 0.222 e. The number of amides is 1. The van der Waals surface area contributed by atoms with E-state index >= 15 is 0 Å². The molecule has 1 amide bonds. The van der Waals surface area contributed by atoms with Gasteiger partial charge in [-0.25, -0.2) is 0 Å². The Morgan fingerprint density at radius 2 is 1.54 bits per heavy atom. The fourth-order valence-electron chi connectivity index (χ4n) is 2.70. The van der Waals surface area contributed by atoms with Crippen molar-refractivity contribution in [3.8, 4) is 0 Å². The normalized spacial score (nSPS) is 13.8. The molecular weight excluding hydrogens is 296 g/mol. The molecular formula is C21H28N2O. The van der Waals surface area contributed by atoms with Crippen molar-refractivity contribution in [1.82, 2.24) is 10.2 Å². The van der Waals surface area contributed by atoms with E-state index in [2.05, 4.69) is 36.5 Å². The number of benzene rings is 2. The van der Waals surface area contributed by atoms with Crippen LogP contribution in [0.25, 0.3) is 0 Å². The van der Waals surface area contributed by atoms with E-state index in [0.717, 1.165) is 39.0 Å². The molecule has 0 radical (unpaired) electrons. The van der Waals surface area contributed by atoms with E-state index in [4.69, 9.17) is 0 Å². The van der Waals surface area contributed by atoms with Gasteiger partial charge in [0, 0.05) is 32.6 Å². The first-order valence-electron chi connectivity index (χ1n) is 8.80. The van der Waals surface area contributed by atoms with Crippen LogP contribution in [0.15, 0.2) is 60.7 Å². The van der Waals surface area contributed by atoms with Crippen molar-refractivity contribution in [2.75, 3.05) is 26.2 Å². The lowest BCUT2D eigenvalue weighted by atomic mass is 10.1. The van der Waals surface area contributed by atoms with Crippen LogP contribution >= 0.6 is 0 Å². The number of nitrogens with one attached hydrogen (secondary N) is 1. The first kappa shape index (κ1) is 18.2. The van der Waals surface area contributed by atoms with Crippen molar-refractivity contribution in [1.29, 1.82) is 0 Å². The molecule has 1 aliphatic rings. The molecule has 0 aromatic heterocycles. The minimum absolute atomic E-state index is 0.308. The maximum Gasteiger partial charge on any atom is 0.222 e. The lowest BCUT2D eigenvalue weighted by Gasteiger charge is -2.27. The molecule has 0 atom stereocenters. The fourth-order valence-corrected chi connectivity index (χ4v) is 2.70. The molecule has 3 rings (SSSR count). The molecule has 0 saturated carbocycles. The minimum atomic E-state index is 0.308. The van der Waals surface area contributed by atoms with Crippen LogP contribution in [0.1, 0.15) is 24.0 Å². The maximum absolute atomic E-state index is 11.9. The Morgan fingerprint density at radius 3 is 2.08 bits per heavy atom. The summed E-state index contributed by atoms with van der Waals surface area (Å²) < 4.78 is 0. The largest absolute Gasteiger partial charge is 0.340 e. The topological polar surface area (TPSA) is 32.3 Å². The third-order valence-electron chi connectivity index (χ3n) is 4.11. The van der Waals surface area contributed by atoms with Gasteiger partial charge in [0.05, 0.1) is 0 Å². The van der Waals surface area contributed by atoms with Crippen LogP contribution in [0.2, 0.25) is 0 Å². The van der Waals surface area contributed by atoms with Gasteiger partial charge in [0.2, 0.25) is 5.91 Å². The minimum Gasteiger partial charge on any atom is -0.340 e. The zero-order valence-corrected chi connectivity index (χ0v) is 14.6. The van der Waals surface area contributed by atoms with Crippen molar-refractivity contribution in [2.45, 2.75) is 26.2 Å². The van der Waals surface area contributed by atoms with E-state index in [1.165, 1.54) is 11.1 Å². The van der Waals surface area contributed by atoms with Gasteiger partial charge in [0.15, 0.2) is 0 Å². The van der Waals surface area contributed by atoms with Crippen molar-refractivity contribution < 1.29 is 4.79 Å². The summed E-state index contributed by atoms with van der Waals surface area (Å²) in [6.07, 6.45) is 2.63. The van der Waals surface area contributed by atoms with Crippen LogP contribution in [0.4, 0.5) is 0 Å². The lowest BCUT2D eigenvalue weighted by molar-refractivity contribution is -0.131. The van der Waals surface area contributed by atoms with E-state index < -0.39 is 0 Å². The highest BCUT2D eigenvalue weighted by molar-refractivity contribution is 5.76. The molecule has 2 aromatic carbocycles. The van der Waals surface area contributed by atoms with Crippen molar-refractivity contribution >= 4 is 5.91 Å². The molecule has 3 heteroatoms. The molecule has 2 aromatic rings. The second kappa shape index (κ2) is 10.6. The van der Waals surface area contributed by atoms with Crippen LogP contribution < -0.4 is 5.32 Å². The highest BCUT2D eigenvalue weighted by Crippen LogP contribution is 2.06. The average Bonchev–Trinajstić information content (AvgIpc) is 2.64. The summed E-state index contributed by atoms with van der Waals surface area (Å²) >= 11 is 0. The predicted molar refractivity (Wildman–Crippen MR) is 100 cm³/mol. The third-order valence-corrected chi connectivity index (χ3v) is 4.11. The standard InChI is InChI=1S/C14H20N2O.C7H8/c17-14(16-11-9-15-10-12-16)8-4-7-13-5-2-1-3-6-13;1-7-5-3-2-4-6-7/h1-3,5-6,15H,4,7-12H2;2-6H,1H3. The first-order chi connectivity index (χ1) is 11.8. The van der Waals surface area contributed by atoms with Crippen molar-refractivity contribution in [3.05, 3.63) is 71.8 Å². The summed E-state index contributed by atoms with van der Waals surface area (Å²) in [6, 6.07) is 20.6. The van der Waals surface area contributed by atoms with E-state index in [-0.39, 0.29) is 0 Å². The van der Waals surface area contributed by atoms with Crippen LogP contribution in [0, 0.1) is 6.92 Å². The Bertz CT molecular complexity index is 577.